The zero-order valence-corrected chi connectivity index (χ0v) is 9.97. The third-order valence-corrected chi connectivity index (χ3v) is 2.32. The van der Waals surface area contributed by atoms with E-state index in [0.29, 0.717) is 0 Å². The van der Waals surface area contributed by atoms with Gasteiger partial charge in [0.2, 0.25) is 5.82 Å². The molecule has 8 nitrogen and oxygen atoms in total. The minimum absolute atomic E-state index is 0.113. The smallest absolute Gasteiger partial charge is 0.410 e. The molecule has 0 spiro atoms. The van der Waals surface area contributed by atoms with Gasteiger partial charge in [-0.05, 0) is 20.8 Å². The first kappa shape index (κ1) is 11.8. The van der Waals surface area contributed by atoms with Crippen LogP contribution in [0.5, 0.6) is 0 Å². The molecule has 94 valence electrons. The van der Waals surface area contributed by atoms with Crippen molar-refractivity contribution < 1.29 is 14.6 Å². The van der Waals surface area contributed by atoms with Crippen LogP contribution in [0.4, 0.5) is 4.79 Å². The molecule has 0 aliphatic carbocycles. The molecule has 0 aromatic carbocycles. The van der Waals surface area contributed by atoms with Crippen molar-refractivity contribution in [3.63, 3.8) is 0 Å². The van der Waals surface area contributed by atoms with Crippen LogP contribution in [-0.2, 0) is 10.3 Å². The van der Waals surface area contributed by atoms with E-state index in [1.54, 1.807) is 20.8 Å². The number of amides is 1. The lowest BCUT2D eigenvalue weighted by atomic mass is 9.94. The molecule has 1 amide bonds. The summed E-state index contributed by atoms with van der Waals surface area (Å²) in [6.07, 6.45) is -0.453. The van der Waals surface area contributed by atoms with Crippen molar-refractivity contribution >= 4 is 6.09 Å². The van der Waals surface area contributed by atoms with Crippen LogP contribution < -0.4 is 0 Å². The number of tetrazole rings is 1. The third-order valence-electron chi connectivity index (χ3n) is 2.32. The van der Waals surface area contributed by atoms with Crippen LogP contribution in [0.25, 0.3) is 0 Å². The van der Waals surface area contributed by atoms with Crippen molar-refractivity contribution in [2.24, 2.45) is 0 Å². The number of aromatic amines is 1. The largest absolute Gasteiger partial charge is 0.444 e. The Kier molecular flexibility index (Phi) is 2.53. The maximum Gasteiger partial charge on any atom is 0.410 e. The second kappa shape index (κ2) is 3.66. The number of carbonyl (C=O) groups is 1. The fraction of sp³-hybridized carbons (Fsp3) is 0.778. The van der Waals surface area contributed by atoms with Crippen LogP contribution in [0, 0.1) is 0 Å². The summed E-state index contributed by atoms with van der Waals surface area (Å²) < 4.78 is 5.16. The molecule has 1 fully saturated rings. The monoisotopic (exact) mass is 241 g/mol. The number of β-amino-alcohol motifs (C(OH)–C–C–N with tert-alkyl or cyclic N) is 1. The Morgan fingerprint density at radius 3 is 2.65 bits per heavy atom. The Hall–Kier alpha value is -1.70. The lowest BCUT2D eigenvalue weighted by Crippen LogP contribution is -2.62. The lowest BCUT2D eigenvalue weighted by molar-refractivity contribution is -0.108. The number of ether oxygens (including phenoxy) is 1. The molecule has 1 aromatic heterocycles. The molecular weight excluding hydrogens is 226 g/mol. The highest BCUT2D eigenvalue weighted by molar-refractivity contribution is 5.69. The normalized spacial score (nSPS) is 18.7. The topological polar surface area (TPSA) is 104 Å². The molecule has 2 rings (SSSR count). The fourth-order valence-electron chi connectivity index (χ4n) is 1.54. The molecule has 1 aromatic rings. The minimum atomic E-state index is -1.22. The molecule has 0 saturated carbocycles. The molecule has 8 heteroatoms. The van der Waals surface area contributed by atoms with Crippen molar-refractivity contribution in [1.29, 1.82) is 0 Å². The summed E-state index contributed by atoms with van der Waals surface area (Å²) in [7, 11) is 0. The second-order valence-electron chi connectivity index (χ2n) is 5.10. The Morgan fingerprint density at radius 1 is 1.53 bits per heavy atom. The number of aliphatic hydroxyl groups is 1. The van der Waals surface area contributed by atoms with E-state index in [4.69, 9.17) is 4.74 Å². The number of rotatable bonds is 1. The molecular formula is C9H15N5O3. The van der Waals surface area contributed by atoms with Crippen molar-refractivity contribution in [3.8, 4) is 0 Å². The summed E-state index contributed by atoms with van der Waals surface area (Å²) in [5.74, 6) is 0.192. The Bertz CT molecular complexity index is 405. The van der Waals surface area contributed by atoms with Gasteiger partial charge in [-0.2, -0.15) is 5.21 Å². The van der Waals surface area contributed by atoms with E-state index in [1.165, 1.54) is 4.90 Å². The van der Waals surface area contributed by atoms with Gasteiger partial charge in [-0.25, -0.2) is 4.79 Å². The molecule has 2 heterocycles. The number of nitrogens with one attached hydrogen (secondary N) is 1. The highest BCUT2D eigenvalue weighted by Gasteiger charge is 2.49. The zero-order chi connectivity index (χ0) is 12.7. The van der Waals surface area contributed by atoms with Crippen LogP contribution in [0.2, 0.25) is 0 Å². The van der Waals surface area contributed by atoms with Gasteiger partial charge in [0.15, 0.2) is 5.60 Å². The number of aromatic nitrogens is 4. The summed E-state index contributed by atoms with van der Waals surface area (Å²) in [6, 6.07) is 0. The van der Waals surface area contributed by atoms with E-state index in [2.05, 4.69) is 20.6 Å². The highest BCUT2D eigenvalue weighted by atomic mass is 16.6. The van der Waals surface area contributed by atoms with Crippen LogP contribution >= 0.6 is 0 Å². The molecule has 1 aliphatic heterocycles. The van der Waals surface area contributed by atoms with Gasteiger partial charge < -0.3 is 14.7 Å². The minimum Gasteiger partial charge on any atom is -0.444 e. The van der Waals surface area contributed by atoms with Gasteiger partial charge in [0.05, 0.1) is 13.1 Å². The zero-order valence-electron chi connectivity index (χ0n) is 9.97. The fourth-order valence-corrected chi connectivity index (χ4v) is 1.54. The molecule has 17 heavy (non-hydrogen) atoms. The number of hydrogen-bond donors (Lipinski definition) is 2. The van der Waals surface area contributed by atoms with Gasteiger partial charge in [-0.15, -0.1) is 10.2 Å². The summed E-state index contributed by atoms with van der Waals surface area (Å²) in [6.45, 7) is 5.59. The number of H-pyrrole nitrogens is 1. The van der Waals surface area contributed by atoms with Crippen molar-refractivity contribution in [3.05, 3.63) is 5.82 Å². The van der Waals surface area contributed by atoms with Crippen molar-refractivity contribution in [2.75, 3.05) is 13.1 Å². The first-order valence-corrected chi connectivity index (χ1v) is 5.24. The van der Waals surface area contributed by atoms with Gasteiger partial charge in [0.25, 0.3) is 0 Å². The van der Waals surface area contributed by atoms with E-state index in [-0.39, 0.29) is 18.9 Å². The Morgan fingerprint density at radius 2 is 2.18 bits per heavy atom. The van der Waals surface area contributed by atoms with Gasteiger partial charge in [0, 0.05) is 0 Å². The van der Waals surface area contributed by atoms with Crippen molar-refractivity contribution in [1.82, 2.24) is 25.5 Å². The summed E-state index contributed by atoms with van der Waals surface area (Å²) in [5, 5.41) is 23.1. The van der Waals surface area contributed by atoms with Crippen LogP contribution in [0.15, 0.2) is 0 Å². The lowest BCUT2D eigenvalue weighted by Gasteiger charge is -2.44. The molecule has 0 atom stereocenters. The Balaban J connectivity index is 1.93. The predicted molar refractivity (Wildman–Crippen MR) is 55.9 cm³/mol. The summed E-state index contributed by atoms with van der Waals surface area (Å²) in [5.41, 5.74) is -1.76. The average molecular weight is 241 g/mol. The first-order chi connectivity index (χ1) is 7.80. The molecule has 0 radical (unpaired) electrons. The average Bonchev–Trinajstić information content (AvgIpc) is 2.62. The van der Waals surface area contributed by atoms with Gasteiger partial charge in [0.1, 0.15) is 5.60 Å². The predicted octanol–water partition coefficient (Wildman–Crippen LogP) is -0.362. The SMILES string of the molecule is CC(C)(C)OC(=O)N1CC(O)(c2nn[nH]n2)C1. The van der Waals surface area contributed by atoms with E-state index in [0.717, 1.165) is 0 Å². The van der Waals surface area contributed by atoms with Gasteiger partial charge in [-0.3, -0.25) is 0 Å². The van der Waals surface area contributed by atoms with E-state index in [1.807, 2.05) is 0 Å². The van der Waals surface area contributed by atoms with Crippen LogP contribution in [-0.4, -0.2) is 55.4 Å². The first-order valence-electron chi connectivity index (χ1n) is 5.24. The summed E-state index contributed by atoms with van der Waals surface area (Å²) >= 11 is 0. The van der Waals surface area contributed by atoms with Gasteiger partial charge in [-0.1, -0.05) is 5.21 Å². The summed E-state index contributed by atoms with van der Waals surface area (Å²) in [4.78, 5) is 13.0. The van der Waals surface area contributed by atoms with Crippen LogP contribution in [0.3, 0.4) is 0 Å². The number of nitrogens with zero attached hydrogens (tertiary/aromatic N) is 4. The van der Waals surface area contributed by atoms with E-state index in [9.17, 15) is 9.90 Å². The Labute approximate surface area is 97.9 Å². The number of likely N-dealkylation sites (tertiary alicyclic amines) is 1. The van der Waals surface area contributed by atoms with Gasteiger partial charge >= 0.3 is 6.09 Å². The van der Waals surface area contributed by atoms with Crippen LogP contribution in [0.1, 0.15) is 26.6 Å². The molecule has 2 N–H and O–H groups in total. The number of carbonyl (C=O) groups excluding carboxylic acids is 1. The number of hydrogen-bond acceptors (Lipinski definition) is 6. The maximum atomic E-state index is 11.6. The third kappa shape index (κ3) is 2.36. The van der Waals surface area contributed by atoms with Crippen molar-refractivity contribution in [2.45, 2.75) is 32.0 Å². The molecule has 0 bridgehead atoms. The standard InChI is InChI=1S/C9H15N5O3/c1-8(2,3)17-7(15)14-4-9(16,5-14)6-10-12-13-11-6/h16H,4-5H2,1-3H3,(H,10,11,12,13). The molecule has 1 saturated heterocycles. The maximum absolute atomic E-state index is 11.6. The van der Waals surface area contributed by atoms with E-state index < -0.39 is 17.3 Å². The van der Waals surface area contributed by atoms with E-state index >= 15 is 0 Å². The highest BCUT2D eigenvalue weighted by Crippen LogP contribution is 2.29. The molecule has 0 unspecified atom stereocenters. The quantitative estimate of drug-likeness (QED) is 0.695. The second-order valence-corrected chi connectivity index (χ2v) is 5.10. The molecule has 1 aliphatic rings.